The first-order valence-electron chi connectivity index (χ1n) is 5.55. The van der Waals surface area contributed by atoms with Gasteiger partial charge in [0, 0.05) is 12.0 Å². The van der Waals surface area contributed by atoms with E-state index < -0.39 is 11.9 Å². The molecule has 0 unspecified atom stereocenters. The van der Waals surface area contributed by atoms with Crippen LogP contribution in [0.2, 0.25) is 0 Å². The Labute approximate surface area is 104 Å². The van der Waals surface area contributed by atoms with Crippen LogP contribution < -0.4 is 0 Å². The van der Waals surface area contributed by atoms with Gasteiger partial charge in [-0.1, -0.05) is 6.07 Å². The molecule has 0 aliphatic rings. The molecule has 0 atom stereocenters. The van der Waals surface area contributed by atoms with Crippen LogP contribution in [0.25, 0.3) is 0 Å². The molecule has 0 saturated carbocycles. The van der Waals surface area contributed by atoms with E-state index in [-0.39, 0.29) is 25.0 Å². The number of hydrogen-bond donors (Lipinski definition) is 1. The van der Waals surface area contributed by atoms with Crippen LogP contribution in [0.15, 0.2) is 18.2 Å². The quantitative estimate of drug-likeness (QED) is 0.613. The average Bonchev–Trinajstić information content (AvgIpc) is 2.36. The maximum atomic E-state index is 11.5. The first-order valence-corrected chi connectivity index (χ1v) is 5.55. The number of carbonyl (C=O) groups excluding carboxylic acids is 2. The fourth-order valence-corrected chi connectivity index (χ4v) is 1.52. The summed E-state index contributed by atoms with van der Waals surface area (Å²) >= 11 is 0. The van der Waals surface area contributed by atoms with Crippen LogP contribution in [0, 0.1) is 0 Å². The Morgan fingerprint density at radius 1 is 1.39 bits per heavy atom. The zero-order valence-electron chi connectivity index (χ0n) is 10.0. The van der Waals surface area contributed by atoms with Crippen molar-refractivity contribution in [1.29, 1.82) is 0 Å². The number of aliphatic carboxylic acids is 1. The molecule has 0 spiro atoms. The summed E-state index contributed by atoms with van der Waals surface area (Å²) in [7, 11) is 0. The topological polar surface area (TPSA) is 80.7 Å². The number of esters is 1. The second-order valence-electron chi connectivity index (χ2n) is 3.65. The van der Waals surface area contributed by atoms with Crippen molar-refractivity contribution in [3.05, 3.63) is 34.9 Å². The molecule has 5 nitrogen and oxygen atoms in total. The van der Waals surface area contributed by atoms with Crippen molar-refractivity contribution in [2.24, 2.45) is 0 Å². The van der Waals surface area contributed by atoms with Crippen LogP contribution in [0.3, 0.4) is 0 Å². The lowest BCUT2D eigenvalue weighted by molar-refractivity contribution is -0.136. The van der Waals surface area contributed by atoms with Gasteiger partial charge in [-0.2, -0.15) is 0 Å². The second kappa shape index (κ2) is 6.54. The molecule has 1 aromatic rings. The van der Waals surface area contributed by atoms with E-state index in [1.54, 1.807) is 13.0 Å². The highest BCUT2D eigenvalue weighted by Crippen LogP contribution is 2.13. The van der Waals surface area contributed by atoms with E-state index in [9.17, 15) is 14.4 Å². The van der Waals surface area contributed by atoms with E-state index in [0.29, 0.717) is 17.4 Å². The van der Waals surface area contributed by atoms with Crippen molar-refractivity contribution in [2.45, 2.75) is 19.8 Å². The first kappa shape index (κ1) is 13.9. The monoisotopic (exact) mass is 250 g/mol. The van der Waals surface area contributed by atoms with E-state index in [1.165, 1.54) is 12.1 Å². The van der Waals surface area contributed by atoms with Crippen LogP contribution in [0.1, 0.15) is 39.6 Å². The third-order valence-corrected chi connectivity index (χ3v) is 2.39. The molecule has 0 heterocycles. The molecule has 1 rings (SSSR count). The normalized spacial score (nSPS) is 9.83. The molecule has 0 amide bonds. The summed E-state index contributed by atoms with van der Waals surface area (Å²) in [5, 5.41) is 8.59. The molecule has 1 aromatic carbocycles. The highest BCUT2D eigenvalue weighted by Gasteiger charge is 2.11. The number of rotatable bonds is 6. The van der Waals surface area contributed by atoms with Gasteiger partial charge in [0.15, 0.2) is 0 Å². The van der Waals surface area contributed by atoms with Crippen LogP contribution >= 0.6 is 0 Å². The van der Waals surface area contributed by atoms with E-state index >= 15 is 0 Å². The number of hydrogen-bond acceptors (Lipinski definition) is 4. The van der Waals surface area contributed by atoms with Crippen LogP contribution in [-0.2, 0) is 16.0 Å². The van der Waals surface area contributed by atoms with Gasteiger partial charge in [0.2, 0.25) is 0 Å². The Morgan fingerprint density at radius 3 is 2.67 bits per heavy atom. The minimum absolute atomic E-state index is 0.0560. The van der Waals surface area contributed by atoms with Gasteiger partial charge in [-0.25, -0.2) is 4.79 Å². The van der Waals surface area contributed by atoms with E-state index in [2.05, 4.69) is 0 Å². The smallest absolute Gasteiger partial charge is 0.338 e. The summed E-state index contributed by atoms with van der Waals surface area (Å²) < 4.78 is 4.82. The largest absolute Gasteiger partial charge is 0.481 e. The molecule has 96 valence electrons. The third kappa shape index (κ3) is 3.69. The standard InChI is InChI=1S/C13H14O5/c1-2-18-13(17)10-4-3-9(5-6-12(15)16)11(7-10)8-14/h3-4,7-8H,2,5-6H2,1H3,(H,15,16). The average molecular weight is 250 g/mol. The maximum absolute atomic E-state index is 11.5. The van der Waals surface area contributed by atoms with Crippen LogP contribution in [0.5, 0.6) is 0 Å². The Hall–Kier alpha value is -2.17. The molecular formula is C13H14O5. The van der Waals surface area contributed by atoms with Crippen molar-refractivity contribution < 1.29 is 24.2 Å². The lowest BCUT2D eigenvalue weighted by atomic mass is 10.0. The minimum atomic E-state index is -0.929. The number of carboxylic acids is 1. The number of aryl methyl sites for hydroxylation is 1. The number of benzene rings is 1. The Kier molecular flexibility index (Phi) is 5.05. The highest BCUT2D eigenvalue weighted by atomic mass is 16.5. The molecule has 0 saturated heterocycles. The summed E-state index contributed by atoms with van der Waals surface area (Å²) in [6.07, 6.45) is 0.812. The predicted molar refractivity (Wildman–Crippen MR) is 63.7 cm³/mol. The molecule has 0 aliphatic heterocycles. The number of ether oxygens (including phenoxy) is 1. The van der Waals surface area contributed by atoms with Crippen molar-refractivity contribution >= 4 is 18.2 Å². The van der Waals surface area contributed by atoms with Gasteiger partial charge in [-0.05, 0) is 31.0 Å². The second-order valence-corrected chi connectivity index (χ2v) is 3.65. The molecule has 0 radical (unpaired) electrons. The molecular weight excluding hydrogens is 236 g/mol. The Bertz CT molecular complexity index is 464. The number of carboxylic acid groups (broad SMARTS) is 1. The molecule has 0 bridgehead atoms. The van der Waals surface area contributed by atoms with Crippen molar-refractivity contribution in [3.8, 4) is 0 Å². The SMILES string of the molecule is CCOC(=O)c1ccc(CCC(=O)O)c(C=O)c1. The predicted octanol–water partition coefficient (Wildman–Crippen LogP) is 1.69. The summed E-state index contributed by atoms with van der Waals surface area (Å²) in [6, 6.07) is 4.53. The van der Waals surface area contributed by atoms with Crippen molar-refractivity contribution in [1.82, 2.24) is 0 Å². The van der Waals surface area contributed by atoms with Gasteiger partial charge in [-0.3, -0.25) is 9.59 Å². The molecule has 0 aliphatic carbocycles. The fraction of sp³-hybridized carbons (Fsp3) is 0.308. The van der Waals surface area contributed by atoms with Crippen LogP contribution in [-0.4, -0.2) is 29.9 Å². The Balaban J connectivity index is 2.92. The first-order chi connectivity index (χ1) is 8.58. The minimum Gasteiger partial charge on any atom is -0.481 e. The molecule has 0 aromatic heterocycles. The van der Waals surface area contributed by atoms with Gasteiger partial charge in [0.25, 0.3) is 0 Å². The van der Waals surface area contributed by atoms with Crippen LogP contribution in [0.4, 0.5) is 0 Å². The van der Waals surface area contributed by atoms with Gasteiger partial charge in [0.05, 0.1) is 12.2 Å². The molecule has 1 N–H and O–H groups in total. The summed E-state index contributed by atoms with van der Waals surface area (Å²) in [5.74, 6) is -1.42. The molecule has 0 fully saturated rings. The fourth-order valence-electron chi connectivity index (χ4n) is 1.52. The van der Waals surface area contributed by atoms with Gasteiger partial charge >= 0.3 is 11.9 Å². The maximum Gasteiger partial charge on any atom is 0.338 e. The highest BCUT2D eigenvalue weighted by molar-refractivity contribution is 5.92. The third-order valence-electron chi connectivity index (χ3n) is 2.39. The molecule has 18 heavy (non-hydrogen) atoms. The van der Waals surface area contributed by atoms with Gasteiger partial charge in [-0.15, -0.1) is 0 Å². The van der Waals surface area contributed by atoms with E-state index in [1.807, 2.05) is 0 Å². The van der Waals surface area contributed by atoms with E-state index in [4.69, 9.17) is 9.84 Å². The summed E-state index contributed by atoms with van der Waals surface area (Å²) in [4.78, 5) is 32.8. The molecule has 5 heteroatoms. The Morgan fingerprint density at radius 2 is 2.11 bits per heavy atom. The van der Waals surface area contributed by atoms with E-state index in [0.717, 1.165) is 0 Å². The van der Waals surface area contributed by atoms with Gasteiger partial charge in [0.1, 0.15) is 6.29 Å². The zero-order valence-corrected chi connectivity index (χ0v) is 10.0. The lowest BCUT2D eigenvalue weighted by Gasteiger charge is -2.06. The number of carbonyl (C=O) groups is 3. The zero-order chi connectivity index (χ0) is 13.5. The van der Waals surface area contributed by atoms with Crippen molar-refractivity contribution in [2.75, 3.05) is 6.61 Å². The summed E-state index contributed by atoms with van der Waals surface area (Å²) in [5.41, 5.74) is 1.22. The van der Waals surface area contributed by atoms with Crippen molar-refractivity contribution in [3.63, 3.8) is 0 Å². The lowest BCUT2D eigenvalue weighted by Crippen LogP contribution is -2.07. The summed E-state index contributed by atoms with van der Waals surface area (Å²) in [6.45, 7) is 1.95. The number of aldehydes is 1. The van der Waals surface area contributed by atoms with Gasteiger partial charge < -0.3 is 9.84 Å².